The summed E-state index contributed by atoms with van der Waals surface area (Å²) in [6.45, 7) is 4.60. The molecule has 6 rings (SSSR count). The molecular formula is C24H27N9O. The first-order chi connectivity index (χ1) is 16.6. The number of nitrogens with one attached hydrogen (secondary N) is 1. The van der Waals surface area contributed by atoms with Crippen LogP contribution < -0.4 is 10.6 Å². The molecule has 0 radical (unpaired) electrons. The number of H-pyrrole nitrogens is 1. The van der Waals surface area contributed by atoms with Gasteiger partial charge >= 0.3 is 5.69 Å². The third-order valence-corrected chi connectivity index (χ3v) is 6.73. The Bertz CT molecular complexity index is 1530. The van der Waals surface area contributed by atoms with E-state index in [-0.39, 0.29) is 11.7 Å². The van der Waals surface area contributed by atoms with Crippen LogP contribution in [0.1, 0.15) is 32.2 Å². The number of hydrogen-bond donors (Lipinski definition) is 1. The maximum Gasteiger partial charge on any atom is 0.326 e. The van der Waals surface area contributed by atoms with Gasteiger partial charge in [0.25, 0.3) is 0 Å². The van der Waals surface area contributed by atoms with E-state index < -0.39 is 0 Å². The summed E-state index contributed by atoms with van der Waals surface area (Å²) in [5, 5.41) is 4.45. The second kappa shape index (κ2) is 8.12. The molecule has 0 amide bonds. The fourth-order valence-corrected chi connectivity index (χ4v) is 5.08. The normalized spacial score (nSPS) is 15.1. The molecule has 5 aromatic rings. The highest BCUT2D eigenvalue weighted by molar-refractivity contribution is 5.86. The number of benzene rings is 1. The predicted octanol–water partition coefficient (Wildman–Crippen LogP) is 3.12. The highest BCUT2D eigenvalue weighted by atomic mass is 16.1. The zero-order valence-electron chi connectivity index (χ0n) is 19.3. The third-order valence-electron chi connectivity index (χ3n) is 6.73. The van der Waals surface area contributed by atoms with E-state index >= 15 is 0 Å². The molecule has 1 aliphatic heterocycles. The van der Waals surface area contributed by atoms with Crippen molar-refractivity contribution < 1.29 is 0 Å². The van der Waals surface area contributed by atoms with Gasteiger partial charge in [0.15, 0.2) is 17.0 Å². The summed E-state index contributed by atoms with van der Waals surface area (Å²) >= 11 is 0. The topological polar surface area (TPSA) is 102 Å². The molecule has 10 nitrogen and oxygen atoms in total. The second-order valence-electron chi connectivity index (χ2n) is 8.89. The van der Waals surface area contributed by atoms with E-state index in [4.69, 9.17) is 4.98 Å². The minimum Gasteiger partial charge on any atom is -0.355 e. The molecule has 1 aliphatic rings. The predicted molar refractivity (Wildman–Crippen MR) is 131 cm³/mol. The van der Waals surface area contributed by atoms with Gasteiger partial charge in [-0.25, -0.2) is 19.7 Å². The number of aromatic nitrogens is 8. The molecule has 1 fully saturated rings. The average molecular weight is 458 g/mol. The minimum atomic E-state index is -0.0398. The molecular weight excluding hydrogens is 430 g/mol. The summed E-state index contributed by atoms with van der Waals surface area (Å²) in [5.74, 6) is 1.68. The molecule has 5 heterocycles. The van der Waals surface area contributed by atoms with E-state index in [1.807, 2.05) is 57.5 Å². The number of anilines is 1. The van der Waals surface area contributed by atoms with E-state index in [2.05, 4.69) is 31.9 Å². The number of aryl methyl sites for hydroxylation is 2. The Labute approximate surface area is 195 Å². The molecule has 174 valence electrons. The van der Waals surface area contributed by atoms with E-state index in [1.165, 1.54) is 0 Å². The zero-order chi connectivity index (χ0) is 23.2. The highest BCUT2D eigenvalue weighted by Crippen LogP contribution is 2.31. The van der Waals surface area contributed by atoms with Gasteiger partial charge in [0.05, 0.1) is 22.8 Å². The van der Waals surface area contributed by atoms with Crippen LogP contribution in [0.2, 0.25) is 0 Å². The van der Waals surface area contributed by atoms with Crippen LogP contribution in [0.4, 0.5) is 5.82 Å². The van der Waals surface area contributed by atoms with Gasteiger partial charge in [-0.2, -0.15) is 5.10 Å². The van der Waals surface area contributed by atoms with Crippen molar-refractivity contribution in [3.05, 3.63) is 53.5 Å². The van der Waals surface area contributed by atoms with Crippen molar-refractivity contribution in [3.63, 3.8) is 0 Å². The van der Waals surface area contributed by atoms with Crippen LogP contribution >= 0.6 is 0 Å². The Morgan fingerprint density at radius 3 is 2.79 bits per heavy atom. The molecule has 0 saturated carbocycles. The van der Waals surface area contributed by atoms with Gasteiger partial charge in [-0.05, 0) is 31.4 Å². The molecule has 0 atom stereocenters. The number of imidazole rings is 2. The molecule has 0 spiro atoms. The van der Waals surface area contributed by atoms with E-state index in [1.54, 1.807) is 6.33 Å². The molecule has 0 unspecified atom stereocenters. The zero-order valence-corrected chi connectivity index (χ0v) is 19.3. The van der Waals surface area contributed by atoms with Crippen molar-refractivity contribution >= 4 is 28.0 Å². The molecule has 0 bridgehead atoms. The Morgan fingerprint density at radius 1 is 1.15 bits per heavy atom. The molecule has 34 heavy (non-hydrogen) atoms. The summed E-state index contributed by atoms with van der Waals surface area (Å²) in [5.41, 5.74) is 4.38. The van der Waals surface area contributed by atoms with Gasteiger partial charge < -0.3 is 14.5 Å². The van der Waals surface area contributed by atoms with Gasteiger partial charge in [0.1, 0.15) is 12.2 Å². The second-order valence-corrected chi connectivity index (χ2v) is 8.89. The Morgan fingerprint density at radius 2 is 1.97 bits per heavy atom. The summed E-state index contributed by atoms with van der Waals surface area (Å²) in [6, 6.07) is 8.03. The van der Waals surface area contributed by atoms with Gasteiger partial charge in [0.2, 0.25) is 0 Å². The lowest BCUT2D eigenvalue weighted by Crippen LogP contribution is -2.37. The summed E-state index contributed by atoms with van der Waals surface area (Å²) in [6.07, 6.45) is 8.24. The quantitative estimate of drug-likeness (QED) is 0.435. The number of rotatable bonds is 5. The minimum absolute atomic E-state index is 0.0398. The Hall–Kier alpha value is -3.95. The van der Waals surface area contributed by atoms with Crippen molar-refractivity contribution in [3.8, 4) is 11.4 Å². The van der Waals surface area contributed by atoms with Crippen molar-refractivity contribution in [2.45, 2.75) is 38.8 Å². The molecule has 10 heteroatoms. The third kappa shape index (κ3) is 3.28. The van der Waals surface area contributed by atoms with Crippen LogP contribution in [0.25, 0.3) is 33.6 Å². The smallest absolute Gasteiger partial charge is 0.326 e. The van der Waals surface area contributed by atoms with Gasteiger partial charge in [-0.1, -0.05) is 19.1 Å². The largest absolute Gasteiger partial charge is 0.355 e. The average Bonchev–Trinajstić information content (AvgIpc) is 3.54. The number of hydrogen-bond acceptors (Lipinski definition) is 6. The van der Waals surface area contributed by atoms with E-state index in [0.717, 1.165) is 78.3 Å². The van der Waals surface area contributed by atoms with Crippen molar-refractivity contribution in [1.29, 1.82) is 0 Å². The van der Waals surface area contributed by atoms with Crippen molar-refractivity contribution in [1.82, 2.24) is 38.9 Å². The summed E-state index contributed by atoms with van der Waals surface area (Å²) in [7, 11) is 1.98. The first-order valence-electron chi connectivity index (χ1n) is 11.8. The van der Waals surface area contributed by atoms with Crippen molar-refractivity contribution in [2.75, 3.05) is 18.0 Å². The van der Waals surface area contributed by atoms with Gasteiger partial charge in [-0.15, -0.1) is 0 Å². The Balaban J connectivity index is 1.29. The molecule has 1 N–H and O–H groups in total. The van der Waals surface area contributed by atoms with Crippen LogP contribution in [-0.2, 0) is 13.6 Å². The number of para-hydroxylation sites is 2. The van der Waals surface area contributed by atoms with Crippen molar-refractivity contribution in [2.24, 2.45) is 7.05 Å². The van der Waals surface area contributed by atoms with Gasteiger partial charge in [0, 0.05) is 38.9 Å². The number of piperidine rings is 1. The highest BCUT2D eigenvalue weighted by Gasteiger charge is 2.27. The Kier molecular flexibility index (Phi) is 4.93. The number of nitrogens with zero attached hydrogens (tertiary/aromatic N) is 8. The lowest BCUT2D eigenvalue weighted by Gasteiger charge is -2.33. The van der Waals surface area contributed by atoms with E-state index in [9.17, 15) is 4.79 Å². The van der Waals surface area contributed by atoms with Crippen LogP contribution in [0, 0.1) is 0 Å². The monoisotopic (exact) mass is 457 g/mol. The molecule has 0 aliphatic carbocycles. The van der Waals surface area contributed by atoms with Gasteiger partial charge in [-0.3, -0.25) is 9.25 Å². The standard InChI is InChI=1S/C24H27N9O/c1-3-10-32-14-16(13-27-32)21-29-20-22(30(21)2)25-15-26-23(20)31-11-8-17(9-12-31)33-19-7-5-4-6-18(19)28-24(33)34/h4-7,13-15,17H,3,8-12H2,1-2H3,(H,28,34). The maximum absolute atomic E-state index is 12.6. The molecule has 4 aromatic heterocycles. The number of fused-ring (bicyclic) bond motifs is 2. The molecule has 1 saturated heterocycles. The van der Waals surface area contributed by atoms with Crippen LogP contribution in [0.3, 0.4) is 0 Å². The van der Waals surface area contributed by atoms with Crippen LogP contribution in [-0.4, -0.2) is 51.9 Å². The SMILES string of the molecule is CCCn1cc(-c2nc3c(N4CCC(n5c(=O)[nH]c6ccccc65)CC4)ncnc3n2C)cn1. The van der Waals surface area contributed by atoms with E-state index in [0.29, 0.717) is 0 Å². The molecule has 1 aromatic carbocycles. The summed E-state index contributed by atoms with van der Waals surface area (Å²) in [4.78, 5) is 31.9. The lowest BCUT2D eigenvalue weighted by molar-refractivity contribution is 0.395. The van der Waals surface area contributed by atoms with Crippen LogP contribution in [0.5, 0.6) is 0 Å². The summed E-state index contributed by atoms with van der Waals surface area (Å²) < 4.78 is 5.86. The first kappa shape index (κ1) is 20.6. The first-order valence-corrected chi connectivity index (χ1v) is 11.8. The fraction of sp³-hybridized carbons (Fsp3) is 0.375. The maximum atomic E-state index is 12.6. The number of aromatic amines is 1. The lowest BCUT2D eigenvalue weighted by atomic mass is 10.0. The van der Waals surface area contributed by atoms with Crippen LogP contribution in [0.15, 0.2) is 47.8 Å². The fourth-order valence-electron chi connectivity index (χ4n) is 5.08.